The molecule has 5 nitrogen and oxygen atoms in total. The Balaban J connectivity index is 1.85. The summed E-state index contributed by atoms with van der Waals surface area (Å²) in [6.07, 6.45) is 3.44. The first-order chi connectivity index (χ1) is 7.66. The molecule has 2 aliphatic heterocycles. The summed E-state index contributed by atoms with van der Waals surface area (Å²) in [5.74, 6) is 0.153. The second-order valence-corrected chi connectivity index (χ2v) is 4.66. The average Bonchev–Trinajstić information content (AvgIpc) is 2.64. The molecule has 2 aliphatic rings. The van der Waals surface area contributed by atoms with Crippen molar-refractivity contribution >= 4 is 11.8 Å². The van der Waals surface area contributed by atoms with Crippen LogP contribution in [-0.4, -0.2) is 53.8 Å². The largest absolute Gasteiger partial charge is 0.340 e. The Bertz CT molecular complexity index is 293. The van der Waals surface area contributed by atoms with Gasteiger partial charge in [0.1, 0.15) is 0 Å². The third-order valence-electron chi connectivity index (χ3n) is 3.31. The van der Waals surface area contributed by atoms with Gasteiger partial charge in [0.05, 0.1) is 6.54 Å². The van der Waals surface area contributed by atoms with Crippen LogP contribution in [0.4, 0.5) is 0 Å². The van der Waals surface area contributed by atoms with Crippen LogP contribution >= 0.6 is 0 Å². The van der Waals surface area contributed by atoms with E-state index >= 15 is 0 Å². The first kappa shape index (κ1) is 11.4. The van der Waals surface area contributed by atoms with Gasteiger partial charge in [0, 0.05) is 32.1 Å². The van der Waals surface area contributed by atoms with E-state index in [0.717, 1.165) is 32.4 Å². The van der Waals surface area contributed by atoms with Crippen LogP contribution < -0.4 is 5.73 Å². The van der Waals surface area contributed by atoms with Crippen LogP contribution in [-0.2, 0) is 9.59 Å². The lowest BCUT2D eigenvalue weighted by Crippen LogP contribution is -2.49. The number of nitrogens with zero attached hydrogens (tertiary/aromatic N) is 2. The Morgan fingerprint density at radius 1 is 1.38 bits per heavy atom. The predicted molar refractivity (Wildman–Crippen MR) is 59.6 cm³/mol. The molecule has 5 heteroatoms. The number of likely N-dealkylation sites (tertiary alicyclic amines) is 2. The number of amides is 2. The summed E-state index contributed by atoms with van der Waals surface area (Å²) >= 11 is 0. The highest BCUT2D eigenvalue weighted by Crippen LogP contribution is 2.12. The van der Waals surface area contributed by atoms with Gasteiger partial charge < -0.3 is 15.5 Å². The third kappa shape index (κ3) is 2.52. The molecule has 0 bridgehead atoms. The topological polar surface area (TPSA) is 66.6 Å². The molecular formula is C11H19N3O2. The van der Waals surface area contributed by atoms with E-state index in [-0.39, 0.29) is 24.4 Å². The van der Waals surface area contributed by atoms with E-state index in [0.29, 0.717) is 13.0 Å². The zero-order chi connectivity index (χ0) is 11.5. The van der Waals surface area contributed by atoms with Crippen molar-refractivity contribution in [2.75, 3.05) is 26.2 Å². The molecule has 2 saturated heterocycles. The van der Waals surface area contributed by atoms with Crippen molar-refractivity contribution in [3.8, 4) is 0 Å². The molecule has 1 atom stereocenters. The molecule has 0 aromatic rings. The predicted octanol–water partition coefficient (Wildman–Crippen LogP) is -0.441. The van der Waals surface area contributed by atoms with E-state index in [1.165, 1.54) is 0 Å². The van der Waals surface area contributed by atoms with Crippen molar-refractivity contribution in [3.63, 3.8) is 0 Å². The number of carbonyl (C=O) groups is 2. The molecule has 0 aliphatic carbocycles. The summed E-state index contributed by atoms with van der Waals surface area (Å²) < 4.78 is 0. The van der Waals surface area contributed by atoms with Gasteiger partial charge in [0.25, 0.3) is 0 Å². The van der Waals surface area contributed by atoms with Crippen LogP contribution in [0.5, 0.6) is 0 Å². The Labute approximate surface area is 95.6 Å². The van der Waals surface area contributed by atoms with Crippen molar-refractivity contribution in [3.05, 3.63) is 0 Å². The normalized spacial score (nSPS) is 26.3. The van der Waals surface area contributed by atoms with Crippen molar-refractivity contribution in [2.45, 2.75) is 31.7 Å². The monoisotopic (exact) mass is 225 g/mol. The minimum absolute atomic E-state index is 0.0467. The molecule has 2 N–H and O–H groups in total. The summed E-state index contributed by atoms with van der Waals surface area (Å²) in [4.78, 5) is 26.8. The fourth-order valence-electron chi connectivity index (χ4n) is 2.37. The second-order valence-electron chi connectivity index (χ2n) is 4.66. The van der Waals surface area contributed by atoms with Crippen molar-refractivity contribution in [1.82, 2.24) is 9.80 Å². The van der Waals surface area contributed by atoms with E-state index in [1.807, 2.05) is 0 Å². The molecule has 0 spiro atoms. The van der Waals surface area contributed by atoms with Crippen LogP contribution in [0.2, 0.25) is 0 Å². The standard InChI is InChI=1S/C11H19N3O2/c12-9-3-1-5-13(7-9)11(16)8-14-6-2-4-10(14)15/h9H,1-8,12H2. The fourth-order valence-corrected chi connectivity index (χ4v) is 2.37. The first-order valence-electron chi connectivity index (χ1n) is 5.98. The molecule has 2 rings (SSSR count). The molecule has 0 aromatic heterocycles. The highest BCUT2D eigenvalue weighted by molar-refractivity contribution is 5.85. The van der Waals surface area contributed by atoms with Gasteiger partial charge in [0.15, 0.2) is 0 Å². The zero-order valence-corrected chi connectivity index (χ0v) is 9.52. The van der Waals surface area contributed by atoms with Gasteiger partial charge in [-0.1, -0.05) is 0 Å². The van der Waals surface area contributed by atoms with Crippen LogP contribution in [0.1, 0.15) is 25.7 Å². The van der Waals surface area contributed by atoms with Crippen molar-refractivity contribution < 1.29 is 9.59 Å². The average molecular weight is 225 g/mol. The summed E-state index contributed by atoms with van der Waals surface area (Å²) in [7, 11) is 0. The van der Waals surface area contributed by atoms with Crippen LogP contribution in [0.3, 0.4) is 0 Å². The molecule has 0 saturated carbocycles. The number of rotatable bonds is 2. The van der Waals surface area contributed by atoms with Crippen molar-refractivity contribution in [2.24, 2.45) is 5.73 Å². The van der Waals surface area contributed by atoms with Crippen LogP contribution in [0.25, 0.3) is 0 Å². The second kappa shape index (κ2) is 4.82. The molecule has 0 radical (unpaired) electrons. The molecule has 1 unspecified atom stereocenters. The van der Waals surface area contributed by atoms with E-state index in [2.05, 4.69) is 0 Å². The maximum absolute atomic E-state index is 11.9. The highest BCUT2D eigenvalue weighted by Gasteiger charge is 2.26. The third-order valence-corrected chi connectivity index (χ3v) is 3.31. The summed E-state index contributed by atoms with van der Waals surface area (Å²) in [5.41, 5.74) is 5.82. The molecule has 2 amide bonds. The minimum atomic E-state index is 0.0467. The van der Waals surface area contributed by atoms with Gasteiger partial charge in [-0.25, -0.2) is 0 Å². The number of hydrogen-bond donors (Lipinski definition) is 1. The smallest absolute Gasteiger partial charge is 0.242 e. The van der Waals surface area contributed by atoms with Gasteiger partial charge in [-0.3, -0.25) is 9.59 Å². The van der Waals surface area contributed by atoms with Gasteiger partial charge in [-0.05, 0) is 19.3 Å². The Kier molecular flexibility index (Phi) is 3.43. The summed E-state index contributed by atoms with van der Waals surface area (Å²) in [5, 5.41) is 0. The lowest BCUT2D eigenvalue weighted by molar-refractivity contribution is -0.139. The first-order valence-corrected chi connectivity index (χ1v) is 5.98. The number of carbonyl (C=O) groups excluding carboxylic acids is 2. The van der Waals surface area contributed by atoms with E-state index in [9.17, 15) is 9.59 Å². The number of piperidine rings is 1. The maximum Gasteiger partial charge on any atom is 0.242 e. The number of hydrogen-bond acceptors (Lipinski definition) is 3. The van der Waals surface area contributed by atoms with Crippen LogP contribution in [0, 0.1) is 0 Å². The lowest BCUT2D eigenvalue weighted by atomic mass is 10.1. The molecule has 16 heavy (non-hydrogen) atoms. The van der Waals surface area contributed by atoms with E-state index in [4.69, 9.17) is 5.73 Å². The van der Waals surface area contributed by atoms with Gasteiger partial charge in [-0.15, -0.1) is 0 Å². The minimum Gasteiger partial charge on any atom is -0.340 e. The molecule has 90 valence electrons. The maximum atomic E-state index is 11.9. The zero-order valence-electron chi connectivity index (χ0n) is 9.52. The fraction of sp³-hybridized carbons (Fsp3) is 0.818. The van der Waals surface area contributed by atoms with Gasteiger partial charge in [0.2, 0.25) is 11.8 Å². The molecule has 0 aromatic carbocycles. The van der Waals surface area contributed by atoms with Gasteiger partial charge >= 0.3 is 0 Å². The van der Waals surface area contributed by atoms with Gasteiger partial charge in [-0.2, -0.15) is 0 Å². The Morgan fingerprint density at radius 2 is 2.19 bits per heavy atom. The highest BCUT2D eigenvalue weighted by atomic mass is 16.2. The summed E-state index contributed by atoms with van der Waals surface area (Å²) in [6.45, 7) is 2.39. The van der Waals surface area contributed by atoms with E-state index in [1.54, 1.807) is 9.80 Å². The van der Waals surface area contributed by atoms with E-state index < -0.39 is 0 Å². The Morgan fingerprint density at radius 3 is 2.81 bits per heavy atom. The molecular weight excluding hydrogens is 206 g/mol. The van der Waals surface area contributed by atoms with Crippen molar-refractivity contribution in [1.29, 1.82) is 0 Å². The SMILES string of the molecule is NC1CCCN(C(=O)CN2CCCC2=O)C1. The summed E-state index contributed by atoms with van der Waals surface area (Å²) in [6, 6.07) is 0.104. The number of nitrogens with two attached hydrogens (primary N) is 1. The molecule has 2 heterocycles. The quantitative estimate of drug-likeness (QED) is 0.692. The van der Waals surface area contributed by atoms with Crippen LogP contribution in [0.15, 0.2) is 0 Å². The Hall–Kier alpha value is -1.10. The molecule has 2 fully saturated rings. The lowest BCUT2D eigenvalue weighted by Gasteiger charge is -2.32.